The maximum Gasteiger partial charge on any atom is 0.384 e. The number of benzene rings is 1. The van der Waals surface area contributed by atoms with Gasteiger partial charge in [0.25, 0.3) is 0 Å². The Morgan fingerprint density at radius 1 is 1.05 bits per heavy atom. The van der Waals surface area contributed by atoms with E-state index in [4.69, 9.17) is 9.05 Å². The third-order valence-electron chi connectivity index (χ3n) is 2.08. The van der Waals surface area contributed by atoms with Gasteiger partial charge >= 0.3 is 7.60 Å². The van der Waals surface area contributed by atoms with Gasteiger partial charge in [-0.05, 0) is 32.9 Å². The van der Waals surface area contributed by atoms with Crippen molar-refractivity contribution in [1.29, 1.82) is 0 Å². The van der Waals surface area contributed by atoms with Crippen molar-refractivity contribution in [2.24, 2.45) is 5.16 Å². The second kappa shape index (κ2) is 6.85. The number of hydrogen-bond donors (Lipinski definition) is 0. The average molecular weight is 284 g/mol. The van der Waals surface area contributed by atoms with Gasteiger partial charge in [0.1, 0.15) is 0 Å². The highest BCUT2D eigenvalue weighted by Gasteiger charge is 2.36. The highest BCUT2D eigenvalue weighted by Crippen LogP contribution is 2.53. The predicted molar refractivity (Wildman–Crippen MR) is 73.7 cm³/mol. The van der Waals surface area contributed by atoms with Crippen molar-refractivity contribution in [1.82, 2.24) is 0 Å². The molecule has 5 nitrogen and oxygen atoms in total. The Labute approximate surface area is 113 Å². The Morgan fingerprint density at radius 3 is 1.89 bits per heavy atom. The molecule has 0 amide bonds. The molecule has 0 aliphatic carbocycles. The lowest BCUT2D eigenvalue weighted by Crippen LogP contribution is -2.15. The topological polar surface area (TPSA) is 67.8 Å². The monoisotopic (exact) mass is 284 g/mol. The maximum absolute atomic E-state index is 12.8. The summed E-state index contributed by atoms with van der Waals surface area (Å²) in [5.74, 6) is 0. The molecule has 0 bridgehead atoms. The van der Waals surface area contributed by atoms with Crippen LogP contribution in [0.5, 0.6) is 0 Å². The van der Waals surface area contributed by atoms with Gasteiger partial charge in [-0.15, -0.1) is 5.21 Å². The summed E-state index contributed by atoms with van der Waals surface area (Å²) in [7, 11) is -3.73. The van der Waals surface area contributed by atoms with E-state index >= 15 is 0 Å². The van der Waals surface area contributed by atoms with E-state index in [2.05, 4.69) is 5.16 Å². The lowest BCUT2D eigenvalue weighted by molar-refractivity contribution is 0.150. The van der Waals surface area contributed by atoms with Gasteiger partial charge in [-0.2, -0.15) is 0 Å². The van der Waals surface area contributed by atoms with Crippen LogP contribution in [0.3, 0.4) is 0 Å². The van der Waals surface area contributed by atoms with Crippen molar-refractivity contribution in [2.75, 3.05) is 0 Å². The highest BCUT2D eigenvalue weighted by molar-refractivity contribution is 7.73. The summed E-state index contributed by atoms with van der Waals surface area (Å²) in [6.45, 7) is 6.90. The molecule has 0 fully saturated rings. The molecule has 1 radical (unpaired) electrons. The molecule has 0 heterocycles. The van der Waals surface area contributed by atoms with Crippen LogP contribution in [0.4, 0.5) is 0 Å². The largest absolute Gasteiger partial charge is 0.384 e. The fourth-order valence-corrected chi connectivity index (χ4v) is 3.45. The smallest absolute Gasteiger partial charge is 0.301 e. The zero-order valence-corrected chi connectivity index (χ0v) is 12.5. The van der Waals surface area contributed by atoms with Gasteiger partial charge in [0.05, 0.1) is 12.2 Å². The van der Waals surface area contributed by atoms with Crippen molar-refractivity contribution in [2.45, 2.75) is 39.9 Å². The third-order valence-corrected chi connectivity index (χ3v) is 4.33. The first-order valence-corrected chi connectivity index (χ1v) is 7.66. The Hall–Kier alpha value is -1.16. The van der Waals surface area contributed by atoms with Crippen molar-refractivity contribution in [3.8, 4) is 0 Å². The molecule has 0 saturated carbocycles. The van der Waals surface area contributed by atoms with E-state index in [9.17, 15) is 9.77 Å². The van der Waals surface area contributed by atoms with Crippen LogP contribution < -0.4 is 0 Å². The first kappa shape index (κ1) is 15.9. The number of hydrogen-bond acceptors (Lipinski definition) is 4. The molecule has 0 atom stereocenters. The van der Waals surface area contributed by atoms with Crippen LogP contribution in [0.1, 0.15) is 33.3 Å². The first-order valence-electron chi connectivity index (χ1n) is 6.12. The van der Waals surface area contributed by atoms with Gasteiger partial charge in [0, 0.05) is 5.56 Å². The van der Waals surface area contributed by atoms with Gasteiger partial charge in [-0.3, -0.25) is 4.57 Å². The molecule has 0 N–H and O–H groups in total. The molecule has 1 aromatic carbocycles. The van der Waals surface area contributed by atoms with Gasteiger partial charge in [-0.1, -0.05) is 30.3 Å². The lowest BCUT2D eigenvalue weighted by Gasteiger charge is -2.22. The lowest BCUT2D eigenvalue weighted by atomic mass is 10.2. The van der Waals surface area contributed by atoms with E-state index in [1.54, 1.807) is 58.0 Å². The van der Waals surface area contributed by atoms with Crippen molar-refractivity contribution < 1.29 is 18.8 Å². The molecule has 105 valence electrons. The molecule has 0 aliphatic heterocycles. The molecule has 0 aliphatic rings. The molecule has 6 heteroatoms. The zero-order valence-electron chi connectivity index (χ0n) is 11.6. The summed E-state index contributed by atoms with van der Waals surface area (Å²) in [6.07, 6.45) is -0.685. The Morgan fingerprint density at radius 2 is 1.53 bits per heavy atom. The molecular weight excluding hydrogens is 265 g/mol. The molecule has 19 heavy (non-hydrogen) atoms. The predicted octanol–water partition coefficient (Wildman–Crippen LogP) is 3.82. The molecule has 0 unspecified atom stereocenters. The van der Waals surface area contributed by atoms with E-state index in [-0.39, 0.29) is 17.7 Å². The fraction of sp³-hybridized carbons (Fsp3) is 0.462. The molecule has 0 spiro atoms. The standard InChI is InChI=1S/C13H19NO4P/c1-10(2)17-19(16,18-11(3)4)13(14-15)12-8-6-5-7-9-12/h5-11H,1-4H3/b14-13+. The van der Waals surface area contributed by atoms with Gasteiger partial charge in [0.15, 0.2) is 0 Å². The summed E-state index contributed by atoms with van der Waals surface area (Å²) in [5, 5.41) is 14.0. The minimum absolute atomic E-state index is 0.185. The molecule has 1 rings (SSSR count). The average Bonchev–Trinajstić information content (AvgIpc) is 2.28. The Kier molecular flexibility index (Phi) is 5.73. The van der Waals surface area contributed by atoms with Crippen LogP contribution in [0.25, 0.3) is 0 Å². The highest BCUT2D eigenvalue weighted by atomic mass is 31.2. The second-order valence-electron chi connectivity index (χ2n) is 4.59. The van der Waals surface area contributed by atoms with Gasteiger partial charge in [0.2, 0.25) is 5.45 Å². The van der Waals surface area contributed by atoms with E-state index in [1.807, 2.05) is 0 Å². The summed E-state index contributed by atoms with van der Waals surface area (Å²) in [6, 6.07) is 8.56. The first-order chi connectivity index (χ1) is 8.89. The molecule has 1 aromatic rings. The quantitative estimate of drug-likeness (QED) is 0.453. The van der Waals surface area contributed by atoms with E-state index in [0.717, 1.165) is 0 Å². The van der Waals surface area contributed by atoms with Crippen molar-refractivity contribution in [3.05, 3.63) is 35.9 Å². The normalized spacial score (nSPS) is 13.3. The minimum Gasteiger partial charge on any atom is -0.301 e. The van der Waals surface area contributed by atoms with Gasteiger partial charge < -0.3 is 9.05 Å². The Bertz CT molecular complexity index is 457. The molecular formula is C13H19NO4P. The number of nitrogens with zero attached hydrogens (tertiary/aromatic N) is 1. The fourth-order valence-electron chi connectivity index (χ4n) is 1.53. The zero-order chi connectivity index (χ0) is 14.5. The van der Waals surface area contributed by atoms with Crippen LogP contribution in [0, 0.1) is 0 Å². The van der Waals surface area contributed by atoms with Crippen molar-refractivity contribution in [3.63, 3.8) is 0 Å². The van der Waals surface area contributed by atoms with E-state index in [1.165, 1.54) is 0 Å². The van der Waals surface area contributed by atoms with Crippen LogP contribution >= 0.6 is 7.60 Å². The Balaban J connectivity index is 3.19. The third kappa shape index (κ3) is 4.46. The van der Waals surface area contributed by atoms with Crippen LogP contribution in [-0.4, -0.2) is 17.7 Å². The summed E-state index contributed by atoms with van der Waals surface area (Å²) in [4.78, 5) is 0. The second-order valence-corrected chi connectivity index (χ2v) is 6.43. The van der Waals surface area contributed by atoms with Crippen LogP contribution in [0.2, 0.25) is 0 Å². The SMILES string of the molecule is CC(C)OP(=O)(OC(C)C)/C(=N/[O])c1ccccc1. The summed E-state index contributed by atoms with van der Waals surface area (Å²) in [5.41, 5.74) is 0.262. The summed E-state index contributed by atoms with van der Waals surface area (Å²) < 4.78 is 23.5. The number of rotatable bonds is 6. The maximum atomic E-state index is 12.8. The van der Waals surface area contributed by atoms with Crippen LogP contribution in [0.15, 0.2) is 35.5 Å². The molecule has 0 aromatic heterocycles. The summed E-state index contributed by atoms with van der Waals surface area (Å²) >= 11 is 0. The molecule has 0 saturated heterocycles. The van der Waals surface area contributed by atoms with Crippen molar-refractivity contribution >= 4 is 13.0 Å². The van der Waals surface area contributed by atoms with E-state index in [0.29, 0.717) is 5.56 Å². The van der Waals surface area contributed by atoms with E-state index < -0.39 is 7.60 Å². The van der Waals surface area contributed by atoms with Gasteiger partial charge in [-0.25, -0.2) is 0 Å². The minimum atomic E-state index is -3.73. The van der Waals surface area contributed by atoms with Crippen LogP contribution in [-0.2, 0) is 18.8 Å².